The minimum Gasteiger partial charge on any atom is -0.496 e. The lowest BCUT2D eigenvalue weighted by atomic mass is 10.1. The quantitative estimate of drug-likeness (QED) is 0.906. The van der Waals surface area contributed by atoms with Gasteiger partial charge in [-0.1, -0.05) is 0 Å². The second kappa shape index (κ2) is 5.92. The van der Waals surface area contributed by atoms with Crippen molar-refractivity contribution in [2.45, 2.75) is 25.9 Å². The molecule has 0 bridgehead atoms. The van der Waals surface area contributed by atoms with E-state index in [-0.39, 0.29) is 11.9 Å². The number of methoxy groups -OCH3 is 1. The number of hydrogen-bond acceptors (Lipinski definition) is 3. The second-order valence-electron chi connectivity index (χ2n) is 4.97. The van der Waals surface area contributed by atoms with Crippen molar-refractivity contribution in [3.63, 3.8) is 0 Å². The number of amides is 1. The summed E-state index contributed by atoms with van der Waals surface area (Å²) in [5.41, 5.74) is 0.689. The summed E-state index contributed by atoms with van der Waals surface area (Å²) < 4.78 is 5.98. The van der Waals surface area contributed by atoms with E-state index in [1.54, 1.807) is 7.11 Å². The molecule has 1 saturated heterocycles. The Morgan fingerprint density at radius 1 is 1.47 bits per heavy atom. The first-order valence-corrected chi connectivity index (χ1v) is 7.20. The third-order valence-electron chi connectivity index (χ3n) is 3.42. The largest absolute Gasteiger partial charge is 0.496 e. The molecule has 1 N–H and O–H groups in total. The van der Waals surface area contributed by atoms with Gasteiger partial charge in [0, 0.05) is 30.7 Å². The number of carbonyl (C=O) groups excluding carboxylic acids is 1. The van der Waals surface area contributed by atoms with Crippen LogP contribution in [-0.4, -0.2) is 43.1 Å². The molecule has 1 aliphatic rings. The van der Waals surface area contributed by atoms with Crippen LogP contribution in [0.4, 0.5) is 0 Å². The van der Waals surface area contributed by atoms with Crippen molar-refractivity contribution >= 4 is 21.8 Å². The maximum absolute atomic E-state index is 12.5. The molecule has 1 amide bonds. The highest BCUT2D eigenvalue weighted by molar-refractivity contribution is 9.10. The zero-order valence-corrected chi connectivity index (χ0v) is 13.0. The fourth-order valence-electron chi connectivity index (χ4n) is 2.27. The summed E-state index contributed by atoms with van der Waals surface area (Å²) in [7, 11) is 1.61. The molecule has 4 nitrogen and oxygen atoms in total. The van der Waals surface area contributed by atoms with E-state index in [4.69, 9.17) is 4.74 Å². The Labute approximate surface area is 122 Å². The van der Waals surface area contributed by atoms with E-state index in [9.17, 15) is 4.79 Å². The minimum absolute atomic E-state index is 0.0733. The van der Waals surface area contributed by atoms with Crippen LogP contribution in [0, 0.1) is 0 Å². The number of piperazine rings is 1. The Balaban J connectivity index is 2.21. The van der Waals surface area contributed by atoms with Crippen LogP contribution in [-0.2, 0) is 0 Å². The molecule has 0 spiro atoms. The van der Waals surface area contributed by atoms with Gasteiger partial charge in [0.2, 0.25) is 0 Å². The number of nitrogens with zero attached hydrogens (tertiary/aromatic N) is 1. The first-order valence-electron chi connectivity index (χ1n) is 6.40. The van der Waals surface area contributed by atoms with Crippen LogP contribution in [0.25, 0.3) is 0 Å². The summed E-state index contributed by atoms with van der Waals surface area (Å²) in [4.78, 5) is 14.5. The van der Waals surface area contributed by atoms with E-state index in [2.05, 4.69) is 35.1 Å². The van der Waals surface area contributed by atoms with E-state index in [0.717, 1.165) is 23.3 Å². The van der Waals surface area contributed by atoms with Crippen LogP contribution >= 0.6 is 15.9 Å². The van der Waals surface area contributed by atoms with Crippen molar-refractivity contribution in [2.24, 2.45) is 0 Å². The highest BCUT2D eigenvalue weighted by Gasteiger charge is 2.27. The van der Waals surface area contributed by atoms with E-state index in [1.165, 1.54) is 0 Å². The van der Waals surface area contributed by atoms with Crippen molar-refractivity contribution in [3.8, 4) is 5.75 Å². The lowest BCUT2D eigenvalue weighted by Gasteiger charge is -2.37. The number of halogens is 1. The van der Waals surface area contributed by atoms with Gasteiger partial charge in [0.05, 0.1) is 11.6 Å². The zero-order valence-electron chi connectivity index (χ0n) is 11.4. The van der Waals surface area contributed by atoms with Gasteiger partial charge in [-0.25, -0.2) is 0 Å². The van der Waals surface area contributed by atoms with Crippen LogP contribution < -0.4 is 10.1 Å². The molecule has 1 aromatic carbocycles. The van der Waals surface area contributed by atoms with Gasteiger partial charge in [0.25, 0.3) is 5.91 Å². The number of benzene rings is 1. The lowest BCUT2D eigenvalue weighted by molar-refractivity contribution is 0.0616. The molecule has 0 aliphatic carbocycles. The Morgan fingerprint density at radius 3 is 2.84 bits per heavy atom. The summed E-state index contributed by atoms with van der Waals surface area (Å²) in [5, 5.41) is 3.37. The van der Waals surface area contributed by atoms with E-state index in [0.29, 0.717) is 11.6 Å². The number of carbonyl (C=O) groups is 1. The average Bonchev–Trinajstić information content (AvgIpc) is 2.40. The molecule has 2 atom stereocenters. The summed E-state index contributed by atoms with van der Waals surface area (Å²) in [6.45, 7) is 5.74. The molecule has 104 valence electrons. The van der Waals surface area contributed by atoms with Gasteiger partial charge in [-0.05, 0) is 48.0 Å². The molecule has 1 aliphatic heterocycles. The van der Waals surface area contributed by atoms with Gasteiger partial charge in [-0.15, -0.1) is 0 Å². The molecular weight excluding hydrogens is 308 g/mol. The highest BCUT2D eigenvalue weighted by atomic mass is 79.9. The molecule has 2 unspecified atom stereocenters. The maximum atomic E-state index is 12.5. The van der Waals surface area contributed by atoms with E-state index in [1.807, 2.05) is 23.1 Å². The van der Waals surface area contributed by atoms with Gasteiger partial charge in [-0.3, -0.25) is 4.79 Å². The summed E-state index contributed by atoms with van der Waals surface area (Å²) in [6, 6.07) is 5.99. The van der Waals surface area contributed by atoms with Crippen LogP contribution in [0.15, 0.2) is 22.7 Å². The fraction of sp³-hybridized carbons (Fsp3) is 0.500. The van der Waals surface area contributed by atoms with Gasteiger partial charge in [0.15, 0.2) is 0 Å². The molecule has 0 aromatic heterocycles. The van der Waals surface area contributed by atoms with Crippen LogP contribution in [0.3, 0.4) is 0 Å². The van der Waals surface area contributed by atoms with Gasteiger partial charge >= 0.3 is 0 Å². The topological polar surface area (TPSA) is 41.6 Å². The van der Waals surface area contributed by atoms with E-state index >= 15 is 0 Å². The van der Waals surface area contributed by atoms with Crippen molar-refractivity contribution in [3.05, 3.63) is 28.2 Å². The second-order valence-corrected chi connectivity index (χ2v) is 5.82. The first kappa shape index (κ1) is 14.3. The molecule has 1 aromatic rings. The molecule has 0 radical (unpaired) electrons. The molecule has 0 saturated carbocycles. The van der Waals surface area contributed by atoms with Crippen LogP contribution in [0.2, 0.25) is 0 Å². The smallest absolute Gasteiger partial charge is 0.254 e. The van der Waals surface area contributed by atoms with Gasteiger partial charge in [0.1, 0.15) is 5.75 Å². The number of rotatable bonds is 2. The SMILES string of the molecule is COc1ccc(C(=O)N2CC(C)NCC2C)cc1Br. The highest BCUT2D eigenvalue weighted by Crippen LogP contribution is 2.26. The molecule has 5 heteroatoms. The number of nitrogens with one attached hydrogen (secondary N) is 1. The molecule has 19 heavy (non-hydrogen) atoms. The third kappa shape index (κ3) is 3.09. The average molecular weight is 327 g/mol. The van der Waals surface area contributed by atoms with Crippen LogP contribution in [0.5, 0.6) is 5.75 Å². The number of ether oxygens (including phenoxy) is 1. The molecule has 1 fully saturated rings. The fourth-order valence-corrected chi connectivity index (χ4v) is 2.81. The molecule has 2 rings (SSSR count). The summed E-state index contributed by atoms with van der Waals surface area (Å²) in [5.74, 6) is 0.808. The Morgan fingerprint density at radius 2 is 2.21 bits per heavy atom. The van der Waals surface area contributed by atoms with Crippen molar-refractivity contribution in [1.29, 1.82) is 0 Å². The minimum atomic E-state index is 0.0733. The van der Waals surface area contributed by atoms with Crippen molar-refractivity contribution in [2.75, 3.05) is 20.2 Å². The predicted molar refractivity (Wildman–Crippen MR) is 78.7 cm³/mol. The normalized spacial score (nSPS) is 23.3. The standard InChI is InChI=1S/C14H19BrN2O2/c1-9-8-17(10(2)7-16-9)14(18)11-4-5-13(19-3)12(15)6-11/h4-6,9-10,16H,7-8H2,1-3H3. The van der Waals surface area contributed by atoms with Crippen molar-refractivity contribution in [1.82, 2.24) is 10.2 Å². The first-order chi connectivity index (χ1) is 9.02. The van der Waals surface area contributed by atoms with E-state index < -0.39 is 0 Å². The summed E-state index contributed by atoms with van der Waals surface area (Å²) >= 11 is 3.42. The summed E-state index contributed by atoms with van der Waals surface area (Å²) in [6.07, 6.45) is 0. The molecule has 1 heterocycles. The number of hydrogen-bond donors (Lipinski definition) is 1. The Kier molecular flexibility index (Phi) is 4.47. The predicted octanol–water partition coefficient (Wildman–Crippen LogP) is 2.28. The molecular formula is C14H19BrN2O2. The van der Waals surface area contributed by atoms with Crippen LogP contribution in [0.1, 0.15) is 24.2 Å². The van der Waals surface area contributed by atoms with Gasteiger partial charge in [-0.2, -0.15) is 0 Å². The zero-order chi connectivity index (χ0) is 14.0. The maximum Gasteiger partial charge on any atom is 0.254 e. The lowest BCUT2D eigenvalue weighted by Crippen LogP contribution is -2.56. The Hall–Kier alpha value is -1.07. The monoisotopic (exact) mass is 326 g/mol. The van der Waals surface area contributed by atoms with Gasteiger partial charge < -0.3 is 15.0 Å². The third-order valence-corrected chi connectivity index (χ3v) is 4.04. The Bertz CT molecular complexity index is 479. The van der Waals surface area contributed by atoms with Crippen molar-refractivity contribution < 1.29 is 9.53 Å².